The minimum atomic E-state index is 0.545. The highest BCUT2D eigenvalue weighted by molar-refractivity contribution is 5.86. The first-order valence-electron chi connectivity index (χ1n) is 4.23. The molecule has 0 aliphatic rings. The number of ether oxygens (including phenoxy) is 1. The van der Waals surface area contributed by atoms with Gasteiger partial charge in [-0.15, -0.1) is 0 Å². The van der Waals surface area contributed by atoms with Gasteiger partial charge in [0.1, 0.15) is 17.1 Å². The Morgan fingerprint density at radius 3 is 2.79 bits per heavy atom. The van der Waals surface area contributed by atoms with Crippen molar-refractivity contribution in [1.82, 2.24) is 0 Å². The third-order valence-corrected chi connectivity index (χ3v) is 2.07. The summed E-state index contributed by atoms with van der Waals surface area (Å²) in [6, 6.07) is 7.38. The van der Waals surface area contributed by atoms with Crippen molar-refractivity contribution in [2.24, 2.45) is 0 Å². The molecule has 0 saturated heterocycles. The van der Waals surface area contributed by atoms with Gasteiger partial charge in [-0.3, -0.25) is 0 Å². The summed E-state index contributed by atoms with van der Waals surface area (Å²) in [5.41, 5.74) is 1.24. The number of rotatable bonds is 1. The van der Waals surface area contributed by atoms with Crippen LogP contribution in [0.5, 0.6) is 5.75 Å². The first kappa shape index (κ1) is 8.64. The van der Waals surface area contributed by atoms with Crippen LogP contribution in [0.1, 0.15) is 11.3 Å². The lowest BCUT2D eigenvalue weighted by Crippen LogP contribution is -1.84. The molecule has 2 aromatic rings. The number of methoxy groups -OCH3 is 1. The fourth-order valence-corrected chi connectivity index (χ4v) is 1.47. The maximum absolute atomic E-state index is 8.78. The van der Waals surface area contributed by atoms with Gasteiger partial charge in [-0.25, -0.2) is 0 Å². The van der Waals surface area contributed by atoms with Crippen LogP contribution < -0.4 is 4.74 Å². The molecule has 3 heteroatoms. The fourth-order valence-electron chi connectivity index (χ4n) is 1.47. The lowest BCUT2D eigenvalue weighted by molar-refractivity contribution is 0.419. The minimum absolute atomic E-state index is 0.545. The van der Waals surface area contributed by atoms with Crippen molar-refractivity contribution in [3.63, 3.8) is 0 Å². The zero-order valence-electron chi connectivity index (χ0n) is 8.00. The highest BCUT2D eigenvalue weighted by Crippen LogP contribution is 2.29. The van der Waals surface area contributed by atoms with E-state index in [0.29, 0.717) is 16.9 Å². The Morgan fingerprint density at radius 2 is 2.14 bits per heavy atom. The van der Waals surface area contributed by atoms with Gasteiger partial charge in [0.15, 0.2) is 0 Å². The quantitative estimate of drug-likeness (QED) is 0.689. The van der Waals surface area contributed by atoms with E-state index < -0.39 is 0 Å². The van der Waals surface area contributed by atoms with Crippen LogP contribution in [0.15, 0.2) is 22.6 Å². The summed E-state index contributed by atoms with van der Waals surface area (Å²) >= 11 is 0. The smallest absolute Gasteiger partial charge is 0.139 e. The number of nitriles is 1. The lowest BCUT2D eigenvalue weighted by Gasteiger charge is -2.00. The highest BCUT2D eigenvalue weighted by atomic mass is 16.5. The van der Waals surface area contributed by atoms with Gasteiger partial charge in [0.2, 0.25) is 0 Å². The molecule has 0 spiro atoms. The second-order valence-electron chi connectivity index (χ2n) is 3.06. The molecule has 1 heterocycles. The van der Waals surface area contributed by atoms with Gasteiger partial charge in [-0.2, -0.15) is 5.26 Å². The predicted molar refractivity (Wildman–Crippen MR) is 52.2 cm³/mol. The molecule has 0 radical (unpaired) electrons. The number of fused-ring (bicyclic) bond motifs is 1. The molecular formula is C11H9NO2. The normalized spacial score (nSPS) is 10.1. The van der Waals surface area contributed by atoms with Gasteiger partial charge >= 0.3 is 0 Å². The van der Waals surface area contributed by atoms with E-state index in [-0.39, 0.29) is 0 Å². The third kappa shape index (κ3) is 1.21. The molecule has 0 unspecified atom stereocenters. The van der Waals surface area contributed by atoms with E-state index in [1.54, 1.807) is 19.2 Å². The Bertz CT molecular complexity index is 520. The van der Waals surface area contributed by atoms with E-state index in [0.717, 1.165) is 11.1 Å². The van der Waals surface area contributed by atoms with Crippen LogP contribution >= 0.6 is 0 Å². The van der Waals surface area contributed by atoms with Crippen LogP contribution in [0.25, 0.3) is 11.0 Å². The van der Waals surface area contributed by atoms with E-state index >= 15 is 0 Å². The van der Waals surface area contributed by atoms with Crippen LogP contribution in [0.4, 0.5) is 0 Å². The van der Waals surface area contributed by atoms with Crippen LogP contribution in [0, 0.1) is 18.3 Å². The highest BCUT2D eigenvalue weighted by Gasteiger charge is 2.08. The molecule has 0 amide bonds. The summed E-state index contributed by atoms with van der Waals surface area (Å²) in [4.78, 5) is 0. The summed E-state index contributed by atoms with van der Waals surface area (Å²) < 4.78 is 10.6. The topological polar surface area (TPSA) is 46.2 Å². The first-order chi connectivity index (χ1) is 6.74. The van der Waals surface area contributed by atoms with Gasteiger partial charge in [0, 0.05) is 0 Å². The number of benzene rings is 1. The van der Waals surface area contributed by atoms with E-state index in [4.69, 9.17) is 14.4 Å². The van der Waals surface area contributed by atoms with Crippen LogP contribution in [0.3, 0.4) is 0 Å². The second kappa shape index (κ2) is 3.08. The standard InChI is InChI=1S/C11H9NO2/c1-7-3-9-10(13-2)4-8(6-12)5-11(9)14-7/h3-5H,1-2H3. The van der Waals surface area contributed by atoms with E-state index in [9.17, 15) is 0 Å². The number of aryl methyl sites for hydroxylation is 1. The third-order valence-electron chi connectivity index (χ3n) is 2.07. The maximum Gasteiger partial charge on any atom is 0.139 e. The lowest BCUT2D eigenvalue weighted by atomic mass is 10.1. The zero-order chi connectivity index (χ0) is 10.1. The van der Waals surface area contributed by atoms with Gasteiger partial charge < -0.3 is 9.15 Å². The molecular weight excluding hydrogens is 178 g/mol. The second-order valence-corrected chi connectivity index (χ2v) is 3.06. The number of hydrogen-bond acceptors (Lipinski definition) is 3. The Hall–Kier alpha value is -1.95. The van der Waals surface area contributed by atoms with Crippen molar-refractivity contribution < 1.29 is 9.15 Å². The van der Waals surface area contributed by atoms with Gasteiger partial charge in [0.25, 0.3) is 0 Å². The van der Waals surface area contributed by atoms with Crippen molar-refractivity contribution in [2.75, 3.05) is 7.11 Å². The van der Waals surface area contributed by atoms with Crippen molar-refractivity contribution in [3.8, 4) is 11.8 Å². The van der Waals surface area contributed by atoms with Crippen LogP contribution in [-0.2, 0) is 0 Å². The molecule has 0 atom stereocenters. The van der Waals surface area contributed by atoms with Crippen LogP contribution in [-0.4, -0.2) is 7.11 Å². The summed E-state index contributed by atoms with van der Waals surface area (Å²) in [5, 5.41) is 9.68. The molecule has 1 aromatic carbocycles. The van der Waals surface area contributed by atoms with Gasteiger partial charge in [-0.1, -0.05) is 0 Å². The molecule has 14 heavy (non-hydrogen) atoms. The average molecular weight is 187 g/mol. The SMILES string of the molecule is COc1cc(C#N)cc2oc(C)cc12. The molecule has 1 aromatic heterocycles. The molecule has 3 nitrogen and oxygen atoms in total. The summed E-state index contributed by atoms with van der Waals surface area (Å²) in [5.74, 6) is 1.49. The van der Waals surface area contributed by atoms with Gasteiger partial charge in [0.05, 0.1) is 24.1 Å². The molecule has 0 aliphatic heterocycles. The van der Waals surface area contributed by atoms with Crippen LogP contribution in [0.2, 0.25) is 0 Å². The number of hydrogen-bond donors (Lipinski definition) is 0. The molecule has 0 N–H and O–H groups in total. The predicted octanol–water partition coefficient (Wildman–Crippen LogP) is 2.62. The Kier molecular flexibility index (Phi) is 1.90. The molecule has 0 fully saturated rings. The average Bonchev–Trinajstić information content (AvgIpc) is 2.56. The monoisotopic (exact) mass is 187 g/mol. The Balaban J connectivity index is 2.80. The largest absolute Gasteiger partial charge is 0.496 e. The van der Waals surface area contributed by atoms with Crippen molar-refractivity contribution in [3.05, 3.63) is 29.5 Å². The fraction of sp³-hybridized carbons (Fsp3) is 0.182. The molecule has 0 aliphatic carbocycles. The van der Waals surface area contributed by atoms with Crippen molar-refractivity contribution in [1.29, 1.82) is 5.26 Å². The van der Waals surface area contributed by atoms with E-state index in [1.807, 2.05) is 13.0 Å². The van der Waals surface area contributed by atoms with E-state index in [1.165, 1.54) is 0 Å². The Morgan fingerprint density at radius 1 is 1.36 bits per heavy atom. The minimum Gasteiger partial charge on any atom is -0.496 e. The summed E-state index contributed by atoms with van der Waals surface area (Å²) in [6.45, 7) is 1.87. The van der Waals surface area contributed by atoms with Crippen molar-refractivity contribution in [2.45, 2.75) is 6.92 Å². The summed E-state index contributed by atoms with van der Waals surface area (Å²) in [6.07, 6.45) is 0. The number of furan rings is 1. The van der Waals surface area contributed by atoms with Gasteiger partial charge in [-0.05, 0) is 25.1 Å². The maximum atomic E-state index is 8.78. The summed E-state index contributed by atoms with van der Waals surface area (Å²) in [7, 11) is 1.58. The van der Waals surface area contributed by atoms with Crippen molar-refractivity contribution >= 4 is 11.0 Å². The molecule has 0 bridgehead atoms. The number of nitrogens with zero attached hydrogens (tertiary/aromatic N) is 1. The molecule has 0 saturated carbocycles. The molecule has 2 rings (SSSR count). The zero-order valence-corrected chi connectivity index (χ0v) is 8.00. The van der Waals surface area contributed by atoms with E-state index in [2.05, 4.69) is 6.07 Å². The first-order valence-corrected chi connectivity index (χ1v) is 4.23. The Labute approximate surface area is 81.5 Å². The molecule has 70 valence electrons.